The van der Waals surface area contributed by atoms with Gasteiger partial charge in [0.2, 0.25) is 0 Å². The second-order valence-corrected chi connectivity index (χ2v) is 3.93. The van der Waals surface area contributed by atoms with Crippen molar-refractivity contribution in [3.8, 4) is 0 Å². The third-order valence-electron chi connectivity index (χ3n) is 2.43. The second-order valence-electron chi connectivity index (χ2n) is 3.93. The Bertz CT molecular complexity index is 699. The summed E-state index contributed by atoms with van der Waals surface area (Å²) in [6, 6.07) is 2.31. The van der Waals surface area contributed by atoms with Crippen LogP contribution in [0.5, 0.6) is 0 Å². The van der Waals surface area contributed by atoms with Crippen LogP contribution in [0.25, 0.3) is 0 Å². The second kappa shape index (κ2) is 5.03. The molecule has 104 valence electrons. The molecule has 0 unspecified atom stereocenters. The molecule has 0 radical (unpaired) electrons. The monoisotopic (exact) mass is 282 g/mol. The van der Waals surface area contributed by atoms with Crippen LogP contribution in [0.15, 0.2) is 18.2 Å². The van der Waals surface area contributed by atoms with E-state index < -0.39 is 33.7 Å². The molecule has 2 rings (SSSR count). The van der Waals surface area contributed by atoms with E-state index in [0.717, 1.165) is 0 Å². The lowest BCUT2D eigenvalue weighted by Crippen LogP contribution is -2.15. The van der Waals surface area contributed by atoms with Crippen molar-refractivity contribution < 1.29 is 18.5 Å². The first-order chi connectivity index (χ1) is 9.38. The van der Waals surface area contributed by atoms with Gasteiger partial charge in [-0.05, 0) is 13.0 Å². The van der Waals surface area contributed by atoms with E-state index in [1.165, 1.54) is 6.07 Å². The van der Waals surface area contributed by atoms with Gasteiger partial charge < -0.3 is 5.32 Å². The largest absolute Gasteiger partial charge is 0.305 e. The van der Waals surface area contributed by atoms with Crippen LogP contribution in [0.4, 0.5) is 20.3 Å². The highest BCUT2D eigenvalue weighted by Crippen LogP contribution is 2.23. The average molecular weight is 282 g/mol. The minimum Gasteiger partial charge on any atom is -0.305 e. The summed E-state index contributed by atoms with van der Waals surface area (Å²) in [6.45, 7) is 1.68. The van der Waals surface area contributed by atoms with Crippen molar-refractivity contribution >= 4 is 17.4 Å². The lowest BCUT2D eigenvalue weighted by Gasteiger charge is -2.04. The van der Waals surface area contributed by atoms with Crippen molar-refractivity contribution in [2.45, 2.75) is 6.92 Å². The normalized spacial score (nSPS) is 10.3. The number of aromatic nitrogens is 2. The van der Waals surface area contributed by atoms with Crippen LogP contribution >= 0.6 is 0 Å². The van der Waals surface area contributed by atoms with Crippen molar-refractivity contribution in [2.75, 3.05) is 5.32 Å². The van der Waals surface area contributed by atoms with E-state index in [9.17, 15) is 23.7 Å². The summed E-state index contributed by atoms with van der Waals surface area (Å²) < 4.78 is 26.1. The van der Waals surface area contributed by atoms with Gasteiger partial charge in [-0.3, -0.25) is 20.0 Å². The molecule has 1 aromatic carbocycles. The van der Waals surface area contributed by atoms with Gasteiger partial charge in [-0.15, -0.1) is 0 Å². The number of anilines is 1. The zero-order valence-electron chi connectivity index (χ0n) is 10.1. The third kappa shape index (κ3) is 2.60. The lowest BCUT2D eigenvalue weighted by molar-refractivity contribution is -0.385. The topological polar surface area (TPSA) is 101 Å². The molecule has 0 atom stereocenters. The van der Waals surface area contributed by atoms with Gasteiger partial charge in [0.25, 0.3) is 11.6 Å². The van der Waals surface area contributed by atoms with Crippen molar-refractivity contribution in [1.29, 1.82) is 0 Å². The molecule has 1 aromatic heterocycles. The molecule has 1 amide bonds. The Hall–Kier alpha value is -2.84. The highest BCUT2D eigenvalue weighted by Gasteiger charge is 2.24. The molecule has 7 nitrogen and oxygen atoms in total. The molecule has 20 heavy (non-hydrogen) atoms. The van der Waals surface area contributed by atoms with Gasteiger partial charge in [-0.25, -0.2) is 8.78 Å². The van der Waals surface area contributed by atoms with Crippen molar-refractivity contribution in [1.82, 2.24) is 10.2 Å². The summed E-state index contributed by atoms with van der Waals surface area (Å²) in [5.74, 6) is -3.59. The van der Waals surface area contributed by atoms with Crippen LogP contribution < -0.4 is 5.32 Å². The van der Waals surface area contributed by atoms with E-state index in [0.29, 0.717) is 17.8 Å². The highest BCUT2D eigenvalue weighted by atomic mass is 19.2. The molecule has 2 aromatic rings. The Labute approximate surface area is 110 Å². The van der Waals surface area contributed by atoms with Crippen LogP contribution in [0, 0.1) is 28.7 Å². The fourth-order valence-corrected chi connectivity index (χ4v) is 1.53. The van der Waals surface area contributed by atoms with Gasteiger partial charge in [0.1, 0.15) is 5.56 Å². The number of nitro benzene ring substituents is 1. The summed E-state index contributed by atoms with van der Waals surface area (Å²) in [4.78, 5) is 21.6. The Morgan fingerprint density at radius 3 is 2.55 bits per heavy atom. The molecule has 0 fully saturated rings. The van der Waals surface area contributed by atoms with Gasteiger partial charge in [-0.1, -0.05) is 0 Å². The van der Waals surface area contributed by atoms with Gasteiger partial charge in [0.05, 0.1) is 11.0 Å². The molecule has 0 aliphatic heterocycles. The molecule has 1 heterocycles. The van der Waals surface area contributed by atoms with Gasteiger partial charge in [0, 0.05) is 11.8 Å². The molecule has 0 saturated carbocycles. The van der Waals surface area contributed by atoms with Crippen molar-refractivity contribution in [2.24, 2.45) is 0 Å². The van der Waals surface area contributed by atoms with Crippen LogP contribution in [0.3, 0.4) is 0 Å². The molecule has 0 aliphatic rings. The molecular formula is C11H8F2N4O3. The molecule has 0 saturated heterocycles. The first kappa shape index (κ1) is 13.6. The number of rotatable bonds is 3. The van der Waals surface area contributed by atoms with Crippen LogP contribution in [-0.2, 0) is 0 Å². The minimum atomic E-state index is -1.40. The smallest absolute Gasteiger partial charge is 0.285 e. The number of hydrogen-bond donors (Lipinski definition) is 2. The summed E-state index contributed by atoms with van der Waals surface area (Å²) in [5.41, 5.74) is -0.761. The van der Waals surface area contributed by atoms with Gasteiger partial charge >= 0.3 is 0 Å². The van der Waals surface area contributed by atoms with E-state index in [1.54, 1.807) is 6.92 Å². The first-order valence-electron chi connectivity index (χ1n) is 5.35. The number of halogens is 2. The number of hydrogen-bond acceptors (Lipinski definition) is 4. The summed E-state index contributed by atoms with van der Waals surface area (Å²) >= 11 is 0. The van der Waals surface area contributed by atoms with Gasteiger partial charge in [0.15, 0.2) is 17.5 Å². The Morgan fingerprint density at radius 1 is 1.35 bits per heavy atom. The number of carbonyl (C=O) groups is 1. The Morgan fingerprint density at radius 2 is 2.00 bits per heavy atom. The minimum absolute atomic E-state index is 0.117. The fraction of sp³-hybridized carbons (Fsp3) is 0.0909. The first-order valence-corrected chi connectivity index (χ1v) is 5.35. The lowest BCUT2D eigenvalue weighted by atomic mass is 10.1. The van der Waals surface area contributed by atoms with Crippen LogP contribution in [0.2, 0.25) is 0 Å². The van der Waals surface area contributed by atoms with Crippen LogP contribution in [0.1, 0.15) is 16.1 Å². The molecule has 0 aliphatic carbocycles. The number of carbonyl (C=O) groups excluding carboxylic acids is 1. The number of aryl methyl sites for hydroxylation is 1. The highest BCUT2D eigenvalue weighted by molar-refractivity contribution is 6.06. The maximum atomic E-state index is 13.1. The van der Waals surface area contributed by atoms with Crippen molar-refractivity contribution in [3.63, 3.8) is 0 Å². The molecule has 0 bridgehead atoms. The zero-order valence-corrected chi connectivity index (χ0v) is 10.1. The molecule has 0 spiro atoms. The Kier molecular flexibility index (Phi) is 3.42. The molecule has 9 heteroatoms. The standard InChI is InChI=1S/C11H8F2N4O3/c1-5-2-10(16-15-5)14-11(18)6-3-7(12)8(13)4-9(6)17(19)20/h2-4H,1H3,(H2,14,15,16,18). The van der Waals surface area contributed by atoms with E-state index in [4.69, 9.17) is 0 Å². The molecule has 2 N–H and O–H groups in total. The summed E-state index contributed by atoms with van der Waals surface area (Å²) in [7, 11) is 0. The predicted molar refractivity (Wildman–Crippen MR) is 64.3 cm³/mol. The quantitative estimate of drug-likeness (QED) is 0.665. The number of amides is 1. The SMILES string of the molecule is Cc1cc(NC(=O)c2cc(F)c(F)cc2[N+](=O)[O-])n[nH]1. The number of benzene rings is 1. The molecular weight excluding hydrogens is 274 g/mol. The van der Waals surface area contributed by atoms with E-state index in [1.807, 2.05) is 0 Å². The van der Waals surface area contributed by atoms with E-state index >= 15 is 0 Å². The Balaban J connectivity index is 2.38. The fourth-order valence-electron chi connectivity index (χ4n) is 1.53. The number of aromatic amines is 1. The predicted octanol–water partition coefficient (Wildman–Crippen LogP) is 2.16. The summed E-state index contributed by atoms with van der Waals surface area (Å²) in [6.07, 6.45) is 0. The zero-order chi connectivity index (χ0) is 14.9. The van der Waals surface area contributed by atoms with Crippen molar-refractivity contribution in [3.05, 3.63) is 51.2 Å². The maximum Gasteiger partial charge on any atom is 0.285 e. The van der Waals surface area contributed by atoms with E-state index in [2.05, 4.69) is 15.5 Å². The maximum absolute atomic E-state index is 13.1. The summed E-state index contributed by atoms with van der Waals surface area (Å²) in [5, 5.41) is 19.3. The number of H-pyrrole nitrogens is 1. The number of nitrogens with one attached hydrogen (secondary N) is 2. The average Bonchev–Trinajstić information content (AvgIpc) is 2.77. The third-order valence-corrected chi connectivity index (χ3v) is 2.43. The van der Waals surface area contributed by atoms with E-state index in [-0.39, 0.29) is 5.82 Å². The number of nitro groups is 1. The van der Waals surface area contributed by atoms with Gasteiger partial charge in [-0.2, -0.15) is 5.10 Å². The van der Waals surface area contributed by atoms with Crippen LogP contribution in [-0.4, -0.2) is 21.0 Å². The number of nitrogens with zero attached hydrogens (tertiary/aromatic N) is 2.